The molecule has 0 aliphatic carbocycles. The first-order valence-corrected chi connectivity index (χ1v) is 11.7. The molecule has 0 radical (unpaired) electrons. The quantitative estimate of drug-likeness (QED) is 0.449. The summed E-state index contributed by atoms with van der Waals surface area (Å²) in [4.78, 5) is 16.2. The van der Waals surface area contributed by atoms with Gasteiger partial charge in [0.05, 0.1) is 11.3 Å². The van der Waals surface area contributed by atoms with E-state index in [9.17, 15) is 22.5 Å². The molecule has 1 heterocycles. The van der Waals surface area contributed by atoms with E-state index in [0.29, 0.717) is 22.4 Å². The van der Waals surface area contributed by atoms with Crippen molar-refractivity contribution >= 4 is 17.3 Å². The van der Waals surface area contributed by atoms with Crippen molar-refractivity contribution < 1.29 is 22.5 Å². The number of nitrogens with zero attached hydrogens (tertiary/aromatic N) is 1. The van der Waals surface area contributed by atoms with E-state index in [0.717, 1.165) is 12.1 Å². The molecule has 1 amide bonds. The summed E-state index contributed by atoms with van der Waals surface area (Å²) in [5.41, 5.74) is 6.77. The zero-order valence-corrected chi connectivity index (χ0v) is 20.1. The summed E-state index contributed by atoms with van der Waals surface area (Å²) < 4.78 is 57.6. The summed E-state index contributed by atoms with van der Waals surface area (Å²) in [7, 11) is 0. The molecule has 180 valence electrons. The van der Waals surface area contributed by atoms with Gasteiger partial charge in [0.15, 0.2) is 0 Å². The second kappa shape index (κ2) is 10.2. The van der Waals surface area contributed by atoms with E-state index < -0.39 is 51.4 Å². The normalized spacial score (nSPS) is 14.5. The first-order chi connectivity index (χ1) is 15.9. The van der Waals surface area contributed by atoms with Crippen molar-refractivity contribution in [2.24, 2.45) is 5.73 Å². The molecule has 1 unspecified atom stereocenters. The molecule has 0 saturated carbocycles. The maximum atomic E-state index is 14.1. The van der Waals surface area contributed by atoms with E-state index in [-0.39, 0.29) is 5.56 Å². The third-order valence-corrected chi connectivity index (χ3v) is 6.96. The van der Waals surface area contributed by atoms with Crippen molar-refractivity contribution in [2.75, 3.05) is 0 Å². The molecule has 0 fully saturated rings. The zero-order valence-electron chi connectivity index (χ0n) is 19.2. The molecule has 3 aromatic rings. The number of rotatable bonds is 7. The molecule has 0 aliphatic rings. The number of halogens is 3. The fraction of sp³-hybridized carbons (Fsp3) is 0.280. The highest BCUT2D eigenvalue weighted by molar-refractivity contribution is 7.90. The van der Waals surface area contributed by atoms with Gasteiger partial charge in [0.1, 0.15) is 28.2 Å². The number of benzene rings is 2. The average Bonchev–Trinajstić information content (AvgIpc) is 2.75. The Hall–Kier alpha value is -2.88. The topological polar surface area (TPSA) is 91.1 Å². The van der Waals surface area contributed by atoms with E-state index in [2.05, 4.69) is 9.71 Å². The number of pyridine rings is 1. The highest BCUT2D eigenvalue weighted by Crippen LogP contribution is 2.37. The van der Waals surface area contributed by atoms with Crippen LogP contribution in [-0.4, -0.2) is 20.2 Å². The number of nitrogens with one attached hydrogen (secondary N) is 1. The number of hydrogen-bond donors (Lipinski definition) is 2. The number of primary amides is 1. The molecule has 3 atom stereocenters. The summed E-state index contributed by atoms with van der Waals surface area (Å²) in [6, 6.07) is 9.77. The van der Waals surface area contributed by atoms with Crippen molar-refractivity contribution in [3.8, 4) is 11.1 Å². The van der Waals surface area contributed by atoms with Crippen LogP contribution >= 0.6 is 0 Å². The Balaban J connectivity index is 2.17. The van der Waals surface area contributed by atoms with Crippen LogP contribution in [0.1, 0.15) is 61.3 Å². The van der Waals surface area contributed by atoms with Gasteiger partial charge in [0.25, 0.3) is 5.91 Å². The molecule has 0 spiro atoms. The maximum absolute atomic E-state index is 14.1. The van der Waals surface area contributed by atoms with Gasteiger partial charge in [0.2, 0.25) is 0 Å². The third-order valence-electron chi connectivity index (χ3n) is 5.38. The molecule has 0 aliphatic heterocycles. The summed E-state index contributed by atoms with van der Waals surface area (Å²) in [6.07, 6.45) is 1.53. The van der Waals surface area contributed by atoms with Crippen LogP contribution in [0.2, 0.25) is 0 Å². The lowest BCUT2D eigenvalue weighted by Crippen LogP contribution is -2.43. The second-order valence-electron chi connectivity index (χ2n) is 8.96. The standard InChI is InChI=1S/C25H26F3N3O2S/c1-14(16-10-17(26)13-18(27)11-16)22(31-34(33)25(2,3)4)23-19(6-5-9-30-23)15-7-8-21(28)20(12-15)24(29)32/h5-14,22,31H,1-4H3,(H2,29,32)/t14-,22+,34?/m1/s1. The molecular formula is C25H26F3N3O2S. The van der Waals surface area contributed by atoms with Crippen LogP contribution in [0, 0.1) is 17.5 Å². The number of carbonyl (C=O) groups excluding carboxylic acids is 1. The van der Waals surface area contributed by atoms with Gasteiger partial charge in [-0.25, -0.2) is 13.2 Å². The van der Waals surface area contributed by atoms with Gasteiger partial charge >= 0.3 is 0 Å². The molecule has 2 aromatic carbocycles. The maximum Gasteiger partial charge on any atom is 0.251 e. The average molecular weight is 490 g/mol. The van der Waals surface area contributed by atoms with Gasteiger partial charge < -0.3 is 10.3 Å². The van der Waals surface area contributed by atoms with Crippen LogP contribution in [0.15, 0.2) is 54.7 Å². The number of aromatic nitrogens is 1. The number of carbonyl (C=O) groups is 1. The fourth-order valence-electron chi connectivity index (χ4n) is 3.51. The van der Waals surface area contributed by atoms with Crippen molar-refractivity contribution in [1.82, 2.24) is 9.71 Å². The Morgan fingerprint density at radius 2 is 1.74 bits per heavy atom. The smallest absolute Gasteiger partial charge is 0.251 e. The minimum Gasteiger partial charge on any atom is -0.598 e. The highest BCUT2D eigenvalue weighted by atomic mass is 32.2. The molecule has 1 aromatic heterocycles. The van der Waals surface area contributed by atoms with Crippen LogP contribution < -0.4 is 10.5 Å². The Morgan fingerprint density at radius 3 is 2.32 bits per heavy atom. The first kappa shape index (κ1) is 25.7. The monoisotopic (exact) mass is 489 g/mol. The van der Waals surface area contributed by atoms with Gasteiger partial charge in [0, 0.05) is 35.1 Å². The zero-order chi connectivity index (χ0) is 25.2. The predicted molar refractivity (Wildman–Crippen MR) is 127 cm³/mol. The van der Waals surface area contributed by atoms with Crippen LogP contribution in [-0.2, 0) is 11.4 Å². The molecule has 0 bridgehead atoms. The van der Waals surface area contributed by atoms with Crippen molar-refractivity contribution in [3.63, 3.8) is 0 Å². The van der Waals surface area contributed by atoms with Crippen molar-refractivity contribution in [3.05, 3.63) is 89.0 Å². The van der Waals surface area contributed by atoms with Crippen molar-refractivity contribution in [2.45, 2.75) is 44.4 Å². The Labute approximate surface area is 199 Å². The lowest BCUT2D eigenvalue weighted by molar-refractivity contribution is 0.0996. The Kier molecular flexibility index (Phi) is 7.70. The van der Waals surface area contributed by atoms with E-state index in [4.69, 9.17) is 5.73 Å². The lowest BCUT2D eigenvalue weighted by atomic mass is 9.88. The fourth-order valence-corrected chi connectivity index (χ4v) is 4.41. The lowest BCUT2D eigenvalue weighted by Gasteiger charge is -2.31. The summed E-state index contributed by atoms with van der Waals surface area (Å²) in [5, 5.41) is 0. The van der Waals surface area contributed by atoms with Crippen LogP contribution in [0.5, 0.6) is 0 Å². The Morgan fingerprint density at radius 1 is 1.09 bits per heavy atom. The highest BCUT2D eigenvalue weighted by Gasteiger charge is 2.35. The summed E-state index contributed by atoms with van der Waals surface area (Å²) in [5.74, 6) is -3.71. The van der Waals surface area contributed by atoms with Crippen LogP contribution in [0.25, 0.3) is 11.1 Å². The third kappa shape index (κ3) is 5.78. The molecule has 9 heteroatoms. The first-order valence-electron chi connectivity index (χ1n) is 10.6. The number of hydrogen-bond acceptors (Lipinski definition) is 4. The second-order valence-corrected chi connectivity index (χ2v) is 11.0. The number of nitrogens with two attached hydrogens (primary N) is 1. The van der Waals surface area contributed by atoms with Gasteiger partial charge in [-0.2, -0.15) is 0 Å². The molecule has 3 N–H and O–H groups in total. The largest absolute Gasteiger partial charge is 0.598 e. The number of amides is 1. The van der Waals surface area contributed by atoms with Gasteiger partial charge in [-0.3, -0.25) is 9.78 Å². The van der Waals surface area contributed by atoms with Crippen LogP contribution in [0.3, 0.4) is 0 Å². The van der Waals surface area contributed by atoms with Crippen molar-refractivity contribution in [1.29, 1.82) is 0 Å². The minimum atomic E-state index is -1.56. The molecule has 0 saturated heterocycles. The molecule has 34 heavy (non-hydrogen) atoms. The minimum absolute atomic E-state index is 0.282. The van der Waals surface area contributed by atoms with Crippen LogP contribution in [0.4, 0.5) is 13.2 Å². The SMILES string of the molecule is C[C@H](c1cc(F)cc(F)c1)[C@H](N[S+]([O-])C(C)(C)C)c1ncccc1-c1ccc(F)c(C(N)=O)c1. The van der Waals surface area contributed by atoms with E-state index in [1.165, 1.54) is 30.5 Å². The van der Waals surface area contributed by atoms with E-state index in [1.54, 1.807) is 39.8 Å². The van der Waals surface area contributed by atoms with E-state index >= 15 is 0 Å². The van der Waals surface area contributed by atoms with E-state index in [1.807, 2.05) is 0 Å². The summed E-state index contributed by atoms with van der Waals surface area (Å²) in [6.45, 7) is 7.11. The van der Waals surface area contributed by atoms with Gasteiger partial charge in [-0.15, -0.1) is 4.72 Å². The van der Waals surface area contributed by atoms with Gasteiger partial charge in [-0.1, -0.05) is 19.1 Å². The molecule has 5 nitrogen and oxygen atoms in total. The summed E-state index contributed by atoms with van der Waals surface area (Å²) >= 11 is -1.56. The molecular weight excluding hydrogens is 463 g/mol. The van der Waals surface area contributed by atoms with Gasteiger partial charge in [-0.05, 0) is 62.2 Å². The molecule has 3 rings (SSSR count). The Bertz CT molecular complexity index is 1180. The predicted octanol–water partition coefficient (Wildman–Crippen LogP) is 5.16.